The lowest BCUT2D eigenvalue weighted by Crippen LogP contribution is -2.67. The number of ether oxygens (including phenoxy) is 2. The van der Waals surface area contributed by atoms with Gasteiger partial charge in [-0.3, -0.25) is 14.2 Å². The van der Waals surface area contributed by atoms with Crippen molar-refractivity contribution in [3.05, 3.63) is 0 Å². The molecule has 5 heterocycles. The minimum absolute atomic E-state index is 0.0519. The Balaban J connectivity index is 1.79. The molecule has 5 fully saturated rings. The van der Waals surface area contributed by atoms with Crippen LogP contribution in [0.15, 0.2) is 0 Å². The number of rotatable bonds is 0. The van der Waals surface area contributed by atoms with Gasteiger partial charge in [0, 0.05) is 60.7 Å². The second-order valence-corrected chi connectivity index (χ2v) is 15.0. The molecule has 5 aliphatic heterocycles. The number of esters is 2. The third-order valence-electron chi connectivity index (χ3n) is 8.39. The summed E-state index contributed by atoms with van der Waals surface area (Å²) in [4.78, 5) is 25.2. The van der Waals surface area contributed by atoms with E-state index in [0.717, 1.165) is 64.2 Å². The van der Waals surface area contributed by atoms with Crippen molar-refractivity contribution in [2.45, 2.75) is 167 Å². The van der Waals surface area contributed by atoms with Gasteiger partial charge in [0.1, 0.15) is 12.2 Å². The fraction of sp³-hybridized carbons (Fsp3) is 0.929. The summed E-state index contributed by atoms with van der Waals surface area (Å²) in [7, 11) is -1.12. The van der Waals surface area contributed by atoms with Crippen LogP contribution in [0.4, 0.5) is 0 Å². The van der Waals surface area contributed by atoms with E-state index in [-0.39, 0.29) is 46.3 Å². The molecule has 0 aromatic carbocycles. The first kappa shape index (κ1) is 29.6. The Hall–Kier alpha value is -0.963. The smallest absolute Gasteiger partial charge is 0.306 e. The maximum Gasteiger partial charge on any atom is 0.306 e. The van der Waals surface area contributed by atoms with Gasteiger partial charge in [-0.1, -0.05) is 25.7 Å². The summed E-state index contributed by atoms with van der Waals surface area (Å²) in [5.41, 5.74) is -0.756. The first-order chi connectivity index (χ1) is 16.6. The van der Waals surface area contributed by atoms with Crippen molar-refractivity contribution in [1.82, 2.24) is 9.63 Å². The maximum atomic E-state index is 12.6. The van der Waals surface area contributed by atoms with Gasteiger partial charge >= 0.3 is 11.9 Å². The van der Waals surface area contributed by atoms with E-state index in [4.69, 9.17) is 14.0 Å². The molecule has 0 N–H and O–H groups in total. The highest BCUT2D eigenvalue weighted by atomic mass is 28.2. The van der Waals surface area contributed by atoms with E-state index in [9.17, 15) is 9.59 Å². The van der Waals surface area contributed by atoms with E-state index < -0.39 is 9.92 Å². The minimum Gasteiger partial charge on any atom is -0.462 e. The van der Waals surface area contributed by atoms with Gasteiger partial charge in [0.15, 0.2) is 0 Å². The average molecular weight is 525 g/mol. The summed E-state index contributed by atoms with van der Waals surface area (Å²) in [6, 6.07) is 0. The van der Waals surface area contributed by atoms with Crippen molar-refractivity contribution in [2.75, 3.05) is 0 Å². The Morgan fingerprint density at radius 2 is 0.972 bits per heavy atom. The van der Waals surface area contributed by atoms with Crippen LogP contribution in [0, 0.1) is 0 Å². The van der Waals surface area contributed by atoms with E-state index in [1.165, 1.54) is 0 Å². The average Bonchev–Trinajstić information content (AvgIpc) is 2.68. The van der Waals surface area contributed by atoms with Gasteiger partial charge < -0.3 is 14.0 Å². The number of carbonyl (C=O) groups excluding carboxylic acids is 2. The third kappa shape index (κ3) is 7.55. The van der Waals surface area contributed by atoms with E-state index in [2.05, 4.69) is 65.0 Å². The summed E-state index contributed by atoms with van der Waals surface area (Å²) in [6.45, 7) is 17.8. The molecule has 5 saturated heterocycles. The van der Waals surface area contributed by atoms with Gasteiger partial charge in [-0.2, -0.15) is 5.06 Å². The van der Waals surface area contributed by atoms with Crippen molar-refractivity contribution in [1.29, 1.82) is 0 Å². The van der Waals surface area contributed by atoms with E-state index >= 15 is 0 Å². The second-order valence-electron chi connectivity index (χ2n) is 13.9. The number of hydroxylamine groups is 2. The fourth-order valence-corrected chi connectivity index (χ4v) is 9.00. The van der Waals surface area contributed by atoms with Crippen LogP contribution < -0.4 is 0 Å². The first-order valence-electron chi connectivity index (χ1n) is 14.2. The van der Waals surface area contributed by atoms with Gasteiger partial charge in [0.05, 0.1) is 0 Å². The van der Waals surface area contributed by atoms with Crippen molar-refractivity contribution in [2.24, 2.45) is 0 Å². The van der Waals surface area contributed by atoms with Crippen LogP contribution in [0.5, 0.6) is 0 Å². The molecule has 0 radical (unpaired) electrons. The van der Waals surface area contributed by atoms with Gasteiger partial charge in [-0.05, 0) is 68.2 Å². The molecule has 0 aliphatic carbocycles. The highest BCUT2D eigenvalue weighted by molar-refractivity contribution is 6.24. The molecule has 5 aliphatic rings. The van der Waals surface area contributed by atoms with Crippen molar-refractivity contribution < 1.29 is 23.6 Å². The topological polar surface area (TPSA) is 68.3 Å². The van der Waals surface area contributed by atoms with Crippen LogP contribution in [0.1, 0.15) is 132 Å². The molecular formula is C28H52N2O5Si. The van der Waals surface area contributed by atoms with Crippen molar-refractivity contribution >= 4 is 21.9 Å². The third-order valence-corrected chi connectivity index (χ3v) is 10.7. The molecule has 0 unspecified atom stereocenters. The summed E-state index contributed by atoms with van der Waals surface area (Å²) >= 11 is 0. The normalized spacial score (nSPS) is 36.3. The van der Waals surface area contributed by atoms with Crippen molar-refractivity contribution in [3.63, 3.8) is 0 Å². The van der Waals surface area contributed by atoms with Gasteiger partial charge in [-0.25, -0.2) is 0 Å². The van der Waals surface area contributed by atoms with Gasteiger partial charge in [-0.15, -0.1) is 0 Å². The fourth-order valence-electron chi connectivity index (χ4n) is 7.11. The number of hydrogen-bond donors (Lipinski definition) is 0. The number of fused-ring (bicyclic) bond motifs is 2. The molecule has 208 valence electrons. The SMILES string of the molecule is CC1(C)CC2CC(C)(C)N1O[SiH2]N1C(C)(C)CC(CC1(C)C)OC(=O)CCCCCCCCC(=O)O2. The highest BCUT2D eigenvalue weighted by Gasteiger charge is 2.50. The lowest BCUT2D eigenvalue weighted by atomic mass is 9.80. The molecule has 0 spiro atoms. The van der Waals surface area contributed by atoms with Crippen LogP contribution in [0.3, 0.4) is 0 Å². The zero-order chi connectivity index (χ0) is 26.8. The molecule has 8 heteroatoms. The molecule has 0 atom stereocenters. The van der Waals surface area contributed by atoms with Crippen LogP contribution in [0.2, 0.25) is 0 Å². The van der Waals surface area contributed by atoms with Crippen LogP contribution in [0.25, 0.3) is 0 Å². The highest BCUT2D eigenvalue weighted by Crippen LogP contribution is 2.42. The largest absolute Gasteiger partial charge is 0.462 e. The van der Waals surface area contributed by atoms with E-state index in [0.29, 0.717) is 12.8 Å². The number of piperidine rings is 2. The van der Waals surface area contributed by atoms with Crippen LogP contribution in [-0.4, -0.2) is 65.9 Å². The van der Waals surface area contributed by atoms with E-state index in [1.807, 2.05) is 0 Å². The zero-order valence-electron chi connectivity index (χ0n) is 24.3. The molecule has 36 heavy (non-hydrogen) atoms. The summed E-state index contributed by atoms with van der Waals surface area (Å²) in [5.74, 6) is -0.142. The Kier molecular flexibility index (Phi) is 9.39. The quantitative estimate of drug-likeness (QED) is 0.319. The number of nitrogens with zero attached hydrogens (tertiary/aromatic N) is 2. The van der Waals surface area contributed by atoms with E-state index in [1.54, 1.807) is 0 Å². The summed E-state index contributed by atoms with van der Waals surface area (Å²) in [6.07, 6.45) is 9.98. The number of hydrogen-bond acceptors (Lipinski definition) is 7. The van der Waals surface area contributed by atoms with Crippen LogP contribution in [-0.2, 0) is 23.6 Å². The van der Waals surface area contributed by atoms with Crippen molar-refractivity contribution in [3.8, 4) is 0 Å². The number of carbonyl (C=O) groups is 2. The summed E-state index contributed by atoms with van der Waals surface area (Å²) in [5, 5.41) is 2.20. The maximum absolute atomic E-state index is 12.6. The molecule has 0 amide bonds. The Morgan fingerprint density at radius 1 is 0.611 bits per heavy atom. The molecule has 5 rings (SSSR count). The molecule has 0 saturated carbocycles. The first-order valence-corrected chi connectivity index (χ1v) is 15.4. The summed E-state index contributed by atoms with van der Waals surface area (Å²) < 4.78 is 21.3. The monoisotopic (exact) mass is 524 g/mol. The Labute approximate surface area is 221 Å². The molecule has 7 nitrogen and oxygen atoms in total. The standard InChI is InChI=1S/C28H52N2O5Si/c1-25(2)17-21-18-26(3,4)29(25)35-36-30-27(5,6)19-22(20-28(30,7)8)34-24(32)16-14-12-10-9-11-13-15-23(31)33-21/h21-22H,9-20,36H2,1-8H3. The lowest BCUT2D eigenvalue weighted by Gasteiger charge is -2.57. The van der Waals surface area contributed by atoms with Gasteiger partial charge in [0.2, 0.25) is 0 Å². The minimum atomic E-state index is -1.12. The molecule has 0 aromatic rings. The lowest BCUT2D eigenvalue weighted by molar-refractivity contribution is -0.245. The second kappa shape index (κ2) is 11.4. The predicted molar refractivity (Wildman–Crippen MR) is 145 cm³/mol. The van der Waals surface area contributed by atoms with Crippen LogP contribution >= 0.6 is 0 Å². The Morgan fingerprint density at radius 3 is 1.39 bits per heavy atom. The Bertz CT molecular complexity index is 682. The van der Waals surface area contributed by atoms with Gasteiger partial charge in [0.25, 0.3) is 9.92 Å². The zero-order valence-corrected chi connectivity index (χ0v) is 25.7. The molecule has 0 aromatic heterocycles. The molecular weight excluding hydrogens is 472 g/mol. The molecule has 4 bridgehead atoms. The predicted octanol–water partition coefficient (Wildman–Crippen LogP) is 5.18.